The van der Waals surface area contributed by atoms with Crippen molar-refractivity contribution in [2.24, 2.45) is 7.05 Å². The lowest BCUT2D eigenvalue weighted by atomic mass is 10.3. The van der Waals surface area contributed by atoms with Gasteiger partial charge in [-0.3, -0.25) is 9.48 Å². The van der Waals surface area contributed by atoms with Crippen LogP contribution in [0.2, 0.25) is 0 Å². The Balaban J connectivity index is 2.27. The highest BCUT2D eigenvalue weighted by Crippen LogP contribution is 2.28. The van der Waals surface area contributed by atoms with Crippen molar-refractivity contribution in [3.8, 4) is 0 Å². The fraction of sp³-hybridized carbons (Fsp3) is 0.400. The Morgan fingerprint density at radius 2 is 2.35 bits per heavy atom. The minimum atomic E-state index is -0.804. The summed E-state index contributed by atoms with van der Waals surface area (Å²) in [6.45, 7) is 1.86. The van der Waals surface area contributed by atoms with Crippen LogP contribution in [-0.4, -0.2) is 36.1 Å². The molecule has 90 valence electrons. The third-order valence-corrected chi connectivity index (χ3v) is 3.39. The van der Waals surface area contributed by atoms with Crippen LogP contribution >= 0.6 is 11.8 Å². The minimum absolute atomic E-state index is 0.0363. The van der Waals surface area contributed by atoms with Gasteiger partial charge in [0.15, 0.2) is 5.65 Å². The minimum Gasteiger partial charge on any atom is -0.481 e. The van der Waals surface area contributed by atoms with Crippen LogP contribution in [0.1, 0.15) is 13.3 Å². The average molecular weight is 252 g/mol. The molecule has 2 rings (SSSR count). The van der Waals surface area contributed by atoms with Crippen LogP contribution in [0.3, 0.4) is 0 Å². The lowest BCUT2D eigenvalue weighted by Gasteiger charge is -2.07. The summed E-state index contributed by atoms with van der Waals surface area (Å²) < 4.78 is 1.67. The summed E-state index contributed by atoms with van der Waals surface area (Å²) in [5.74, 6) is -0.804. The smallest absolute Gasteiger partial charge is 0.304 e. The second-order valence-electron chi connectivity index (χ2n) is 3.71. The maximum Gasteiger partial charge on any atom is 0.304 e. The van der Waals surface area contributed by atoms with E-state index >= 15 is 0 Å². The molecule has 0 saturated carbocycles. The van der Waals surface area contributed by atoms with E-state index in [0.717, 1.165) is 16.1 Å². The number of fused-ring (bicyclic) bond motifs is 1. The Morgan fingerprint density at radius 1 is 1.59 bits per heavy atom. The lowest BCUT2D eigenvalue weighted by Crippen LogP contribution is -2.06. The van der Waals surface area contributed by atoms with Gasteiger partial charge in [-0.05, 0) is 0 Å². The zero-order chi connectivity index (χ0) is 12.4. The van der Waals surface area contributed by atoms with Crippen molar-refractivity contribution in [3.63, 3.8) is 0 Å². The van der Waals surface area contributed by atoms with Gasteiger partial charge in [-0.2, -0.15) is 5.10 Å². The highest BCUT2D eigenvalue weighted by molar-refractivity contribution is 8.00. The molecule has 0 amide bonds. The standard InChI is InChI=1S/C10H12N4O2S/c1-6(3-8(15)16)17-10-7-4-13-14(2)9(7)11-5-12-10/h4-6H,3H2,1-2H3,(H,15,16). The van der Waals surface area contributed by atoms with E-state index in [4.69, 9.17) is 5.11 Å². The monoisotopic (exact) mass is 252 g/mol. The number of carboxylic acids is 1. The molecule has 0 spiro atoms. The molecule has 0 aromatic carbocycles. The molecule has 0 radical (unpaired) electrons. The second kappa shape index (κ2) is 4.70. The number of nitrogens with zero attached hydrogens (tertiary/aromatic N) is 4. The van der Waals surface area contributed by atoms with Crippen molar-refractivity contribution < 1.29 is 9.90 Å². The summed E-state index contributed by atoms with van der Waals surface area (Å²) in [7, 11) is 1.81. The molecule has 2 heterocycles. The number of rotatable bonds is 4. The van der Waals surface area contributed by atoms with Crippen LogP contribution in [0, 0.1) is 0 Å². The third-order valence-electron chi connectivity index (χ3n) is 2.27. The van der Waals surface area contributed by atoms with Gasteiger partial charge in [-0.1, -0.05) is 6.92 Å². The number of hydrogen-bond donors (Lipinski definition) is 1. The van der Waals surface area contributed by atoms with Gasteiger partial charge in [0.25, 0.3) is 0 Å². The van der Waals surface area contributed by atoms with Crippen molar-refractivity contribution in [3.05, 3.63) is 12.5 Å². The van der Waals surface area contributed by atoms with Crippen LogP contribution in [0.25, 0.3) is 11.0 Å². The summed E-state index contributed by atoms with van der Waals surface area (Å²) in [4.78, 5) is 18.9. The Morgan fingerprint density at radius 3 is 3.06 bits per heavy atom. The first kappa shape index (κ1) is 11.8. The van der Waals surface area contributed by atoms with Crippen LogP contribution in [-0.2, 0) is 11.8 Å². The van der Waals surface area contributed by atoms with Gasteiger partial charge in [-0.25, -0.2) is 9.97 Å². The van der Waals surface area contributed by atoms with E-state index in [-0.39, 0.29) is 11.7 Å². The first-order valence-electron chi connectivity index (χ1n) is 5.09. The molecule has 7 heteroatoms. The molecule has 1 atom stereocenters. The molecule has 2 aromatic rings. The normalized spacial score (nSPS) is 12.8. The van der Waals surface area contributed by atoms with Gasteiger partial charge >= 0.3 is 5.97 Å². The van der Waals surface area contributed by atoms with Gasteiger partial charge in [0.1, 0.15) is 11.4 Å². The molecule has 0 fully saturated rings. The van der Waals surface area contributed by atoms with Crippen LogP contribution < -0.4 is 0 Å². The summed E-state index contributed by atoms with van der Waals surface area (Å²) in [6.07, 6.45) is 3.28. The molecule has 0 aliphatic heterocycles. The summed E-state index contributed by atoms with van der Waals surface area (Å²) in [5.41, 5.74) is 0.755. The number of aryl methyl sites for hydroxylation is 1. The van der Waals surface area contributed by atoms with E-state index < -0.39 is 5.97 Å². The Hall–Kier alpha value is -1.63. The summed E-state index contributed by atoms with van der Waals surface area (Å²) in [6, 6.07) is 0. The van der Waals surface area contributed by atoms with Gasteiger partial charge in [0.05, 0.1) is 18.0 Å². The van der Waals surface area contributed by atoms with Crippen molar-refractivity contribution >= 4 is 28.8 Å². The van der Waals surface area contributed by atoms with Crippen molar-refractivity contribution in [2.75, 3.05) is 0 Å². The quantitative estimate of drug-likeness (QED) is 0.653. The van der Waals surface area contributed by atoms with Crippen LogP contribution in [0.5, 0.6) is 0 Å². The van der Waals surface area contributed by atoms with E-state index in [9.17, 15) is 4.79 Å². The van der Waals surface area contributed by atoms with Gasteiger partial charge < -0.3 is 5.11 Å². The van der Waals surface area contributed by atoms with Crippen LogP contribution in [0.15, 0.2) is 17.6 Å². The first-order chi connectivity index (χ1) is 8.08. The Bertz CT molecular complexity index is 554. The molecule has 6 nitrogen and oxygen atoms in total. The topological polar surface area (TPSA) is 80.9 Å². The van der Waals surface area contributed by atoms with E-state index in [2.05, 4.69) is 15.1 Å². The number of thioether (sulfide) groups is 1. The van der Waals surface area contributed by atoms with E-state index in [1.165, 1.54) is 18.1 Å². The SMILES string of the molecule is CC(CC(=O)O)Sc1ncnc2c1cnn2C. The van der Waals surface area contributed by atoms with E-state index in [0.29, 0.717) is 0 Å². The maximum absolute atomic E-state index is 10.6. The zero-order valence-corrected chi connectivity index (χ0v) is 10.3. The molecular weight excluding hydrogens is 240 g/mol. The third kappa shape index (κ3) is 2.55. The lowest BCUT2D eigenvalue weighted by molar-refractivity contribution is -0.136. The summed E-state index contributed by atoms with van der Waals surface area (Å²) in [5, 5.41) is 14.4. The first-order valence-corrected chi connectivity index (χ1v) is 5.97. The number of aliphatic carboxylic acids is 1. The highest BCUT2D eigenvalue weighted by Gasteiger charge is 2.14. The van der Waals surface area contributed by atoms with E-state index in [1.807, 2.05) is 14.0 Å². The Labute approximate surface area is 102 Å². The van der Waals surface area contributed by atoms with E-state index in [1.54, 1.807) is 10.9 Å². The number of aromatic nitrogens is 4. The fourth-order valence-corrected chi connectivity index (χ4v) is 2.50. The van der Waals surface area contributed by atoms with Gasteiger partial charge in [-0.15, -0.1) is 11.8 Å². The number of carboxylic acid groups (broad SMARTS) is 1. The van der Waals surface area contributed by atoms with Crippen molar-refractivity contribution in [1.29, 1.82) is 0 Å². The number of hydrogen-bond acceptors (Lipinski definition) is 5. The number of carbonyl (C=O) groups is 1. The fourth-order valence-electron chi connectivity index (χ4n) is 1.51. The Kier molecular flexibility index (Phi) is 3.28. The summed E-state index contributed by atoms with van der Waals surface area (Å²) >= 11 is 1.43. The molecular formula is C10H12N4O2S. The zero-order valence-electron chi connectivity index (χ0n) is 9.49. The largest absolute Gasteiger partial charge is 0.481 e. The van der Waals surface area contributed by atoms with Crippen LogP contribution in [0.4, 0.5) is 0 Å². The molecule has 0 aliphatic carbocycles. The van der Waals surface area contributed by atoms with Gasteiger partial charge in [0, 0.05) is 12.3 Å². The second-order valence-corrected chi connectivity index (χ2v) is 5.14. The average Bonchev–Trinajstić information content (AvgIpc) is 2.61. The predicted molar refractivity (Wildman–Crippen MR) is 63.9 cm³/mol. The van der Waals surface area contributed by atoms with Crippen molar-refractivity contribution in [1.82, 2.24) is 19.7 Å². The molecule has 17 heavy (non-hydrogen) atoms. The van der Waals surface area contributed by atoms with Crippen molar-refractivity contribution in [2.45, 2.75) is 23.6 Å². The molecule has 2 aromatic heterocycles. The molecule has 1 unspecified atom stereocenters. The maximum atomic E-state index is 10.6. The molecule has 0 bridgehead atoms. The molecule has 0 aliphatic rings. The highest BCUT2D eigenvalue weighted by atomic mass is 32.2. The molecule has 1 N–H and O–H groups in total. The molecule has 0 saturated heterocycles. The predicted octanol–water partition coefficient (Wildman–Crippen LogP) is 1.32. The van der Waals surface area contributed by atoms with Gasteiger partial charge in [0.2, 0.25) is 0 Å².